The van der Waals surface area contributed by atoms with Crippen molar-refractivity contribution in [1.82, 2.24) is 4.90 Å². The van der Waals surface area contributed by atoms with Gasteiger partial charge in [-0.25, -0.2) is 4.39 Å². The van der Waals surface area contributed by atoms with Gasteiger partial charge < -0.3 is 0 Å². The van der Waals surface area contributed by atoms with Crippen molar-refractivity contribution >= 4 is 35.0 Å². The van der Waals surface area contributed by atoms with Gasteiger partial charge in [0, 0.05) is 24.3 Å². The number of rotatable bonds is 5. The van der Waals surface area contributed by atoms with Crippen LogP contribution in [0.15, 0.2) is 78.9 Å². The normalized spacial score (nSPS) is 24.3. The quantitative estimate of drug-likeness (QED) is 0.456. The highest BCUT2D eigenvalue weighted by Gasteiger charge is 2.63. The van der Waals surface area contributed by atoms with E-state index in [0.717, 1.165) is 43.6 Å². The Morgan fingerprint density at radius 3 is 2.32 bits per heavy atom. The Hall–Kier alpha value is -3.16. The molecule has 0 radical (unpaired) electrons. The van der Waals surface area contributed by atoms with Gasteiger partial charge in [0.05, 0.1) is 17.6 Å². The lowest BCUT2D eigenvalue weighted by molar-refractivity contribution is -0.124. The third-order valence-electron chi connectivity index (χ3n) is 7.83. The minimum Gasteiger partial charge on any atom is -0.295 e. The molecule has 3 aromatic rings. The van der Waals surface area contributed by atoms with Crippen molar-refractivity contribution in [3.05, 3.63) is 95.8 Å². The number of carbonyl (C=O) groups excluding carboxylic acids is 2. The van der Waals surface area contributed by atoms with E-state index < -0.39 is 10.1 Å². The van der Waals surface area contributed by atoms with Gasteiger partial charge in [0.2, 0.25) is 10.8 Å². The van der Waals surface area contributed by atoms with Crippen LogP contribution in [-0.2, 0) is 20.9 Å². The number of piperidine rings is 1. The van der Waals surface area contributed by atoms with Crippen molar-refractivity contribution in [3.8, 4) is 0 Å². The average molecular weight is 516 g/mol. The first-order valence-electron chi connectivity index (χ1n) is 12.9. The highest BCUT2D eigenvalue weighted by atomic mass is 32.2. The number of anilines is 2. The smallest absolute Gasteiger partial charge is 0.269 e. The van der Waals surface area contributed by atoms with E-state index in [1.165, 1.54) is 29.5 Å². The maximum Gasteiger partial charge on any atom is 0.269 e. The lowest BCUT2D eigenvalue weighted by Crippen LogP contribution is -2.52. The van der Waals surface area contributed by atoms with E-state index in [1.54, 1.807) is 17.0 Å². The molecule has 2 saturated heterocycles. The van der Waals surface area contributed by atoms with Crippen LogP contribution < -0.4 is 9.80 Å². The third kappa shape index (κ3) is 4.14. The molecular weight excluding hydrogens is 485 g/mol. The van der Waals surface area contributed by atoms with Crippen molar-refractivity contribution in [2.45, 2.75) is 36.3 Å². The fraction of sp³-hybridized carbons (Fsp3) is 0.333. The number of carbonyl (C=O) groups is 2. The second kappa shape index (κ2) is 9.62. The van der Waals surface area contributed by atoms with E-state index in [9.17, 15) is 14.0 Å². The van der Waals surface area contributed by atoms with Crippen LogP contribution in [0, 0.1) is 11.7 Å². The molecule has 2 fully saturated rings. The van der Waals surface area contributed by atoms with Crippen LogP contribution in [-0.4, -0.2) is 41.7 Å². The summed E-state index contributed by atoms with van der Waals surface area (Å²) in [5, 5.41) is -0.393. The third-order valence-corrected chi connectivity index (χ3v) is 9.30. The number of fused-ring (bicyclic) bond motifs is 2. The summed E-state index contributed by atoms with van der Waals surface area (Å²) in [5.41, 5.74) is 3.59. The molecule has 5 nitrogen and oxygen atoms in total. The Morgan fingerprint density at radius 2 is 1.59 bits per heavy atom. The van der Waals surface area contributed by atoms with Gasteiger partial charge in [-0.1, -0.05) is 48.5 Å². The summed E-state index contributed by atoms with van der Waals surface area (Å²) in [5.74, 6) is 0.0282. The SMILES string of the molecule is C[C@@H]1S[C@@]2(C(=O)N(CN3CCC(Cc4ccccc4)CC3)c3ccccc32)N(c2ccc(F)cc2)C1=O. The number of amides is 2. The first-order chi connectivity index (χ1) is 18.0. The van der Waals surface area contributed by atoms with E-state index in [0.29, 0.717) is 18.3 Å². The van der Waals surface area contributed by atoms with E-state index in [-0.39, 0.29) is 17.6 Å². The summed E-state index contributed by atoms with van der Waals surface area (Å²) in [4.78, 5) is 32.3. The minimum absolute atomic E-state index is 0.105. The molecule has 3 aliphatic heterocycles. The van der Waals surface area contributed by atoms with Crippen LogP contribution in [0.2, 0.25) is 0 Å². The zero-order valence-electron chi connectivity index (χ0n) is 20.8. The lowest BCUT2D eigenvalue weighted by atomic mass is 9.90. The molecule has 2 amide bonds. The molecule has 1 spiro atoms. The Morgan fingerprint density at radius 1 is 0.919 bits per heavy atom. The predicted octanol–water partition coefficient (Wildman–Crippen LogP) is 5.41. The molecule has 37 heavy (non-hydrogen) atoms. The highest BCUT2D eigenvalue weighted by molar-refractivity contribution is 8.03. The monoisotopic (exact) mass is 515 g/mol. The standard InChI is InChI=1S/C30H30FN3O2S/c1-21-28(35)34(25-13-11-24(31)12-14-25)30(37-21)26-9-5-6-10-27(26)33(29(30)36)20-32-17-15-23(16-18-32)19-22-7-3-2-4-8-22/h2-14,21,23H,15-20H2,1H3/t21-,30-/m0/s1. The molecule has 3 heterocycles. The first kappa shape index (κ1) is 24.2. The number of thioether (sulfide) groups is 1. The summed E-state index contributed by atoms with van der Waals surface area (Å²) in [6.45, 7) is 4.20. The van der Waals surface area contributed by atoms with Crippen molar-refractivity contribution in [2.24, 2.45) is 5.92 Å². The van der Waals surface area contributed by atoms with Gasteiger partial charge in [0.25, 0.3) is 5.91 Å². The largest absolute Gasteiger partial charge is 0.295 e. The van der Waals surface area contributed by atoms with Gasteiger partial charge in [-0.2, -0.15) is 0 Å². The second-order valence-corrected chi connectivity index (χ2v) is 11.7. The molecule has 0 N–H and O–H groups in total. The van der Waals surface area contributed by atoms with E-state index in [4.69, 9.17) is 0 Å². The number of hydrogen-bond donors (Lipinski definition) is 0. The molecule has 7 heteroatoms. The maximum absolute atomic E-state index is 14.3. The Bertz CT molecular complexity index is 1310. The topological polar surface area (TPSA) is 43.9 Å². The van der Waals surface area contributed by atoms with Crippen molar-refractivity contribution in [1.29, 1.82) is 0 Å². The van der Waals surface area contributed by atoms with Gasteiger partial charge in [0.15, 0.2) is 0 Å². The van der Waals surface area contributed by atoms with Crippen LogP contribution in [0.5, 0.6) is 0 Å². The second-order valence-electron chi connectivity index (χ2n) is 10.2. The Balaban J connectivity index is 1.26. The molecular formula is C30H30FN3O2S. The molecule has 3 aromatic carbocycles. The Labute approximate surface area is 221 Å². The number of para-hydroxylation sites is 1. The zero-order chi connectivity index (χ0) is 25.6. The molecule has 190 valence electrons. The van der Waals surface area contributed by atoms with Gasteiger partial charge in [-0.05, 0) is 68.0 Å². The van der Waals surface area contributed by atoms with Gasteiger partial charge in [-0.3, -0.25) is 24.3 Å². The molecule has 2 atom stereocenters. The van der Waals surface area contributed by atoms with Crippen LogP contribution >= 0.6 is 11.8 Å². The fourth-order valence-corrected chi connectivity index (χ4v) is 7.48. The number of likely N-dealkylation sites (tertiary alicyclic amines) is 1. The van der Waals surface area contributed by atoms with Crippen molar-refractivity contribution < 1.29 is 14.0 Å². The molecule has 0 aliphatic carbocycles. The van der Waals surface area contributed by atoms with Crippen LogP contribution in [0.3, 0.4) is 0 Å². The highest BCUT2D eigenvalue weighted by Crippen LogP contribution is 2.57. The lowest BCUT2D eigenvalue weighted by Gasteiger charge is -2.36. The Kier molecular flexibility index (Phi) is 6.29. The summed E-state index contributed by atoms with van der Waals surface area (Å²) in [6, 6.07) is 24.3. The maximum atomic E-state index is 14.3. The van der Waals surface area contributed by atoms with Gasteiger partial charge in [-0.15, -0.1) is 11.8 Å². The molecule has 6 rings (SSSR count). The van der Waals surface area contributed by atoms with Crippen LogP contribution in [0.1, 0.15) is 30.9 Å². The first-order valence-corrected chi connectivity index (χ1v) is 13.8. The van der Waals surface area contributed by atoms with E-state index in [1.807, 2.05) is 36.1 Å². The average Bonchev–Trinajstić information content (AvgIpc) is 3.32. The minimum atomic E-state index is -1.18. The molecule has 0 saturated carbocycles. The van der Waals surface area contributed by atoms with Gasteiger partial charge in [0.1, 0.15) is 5.82 Å². The summed E-state index contributed by atoms with van der Waals surface area (Å²) < 4.78 is 13.7. The van der Waals surface area contributed by atoms with Crippen molar-refractivity contribution in [2.75, 3.05) is 29.6 Å². The van der Waals surface area contributed by atoms with Gasteiger partial charge >= 0.3 is 0 Å². The fourth-order valence-electron chi connectivity index (χ4n) is 5.95. The summed E-state index contributed by atoms with van der Waals surface area (Å²) in [7, 11) is 0. The summed E-state index contributed by atoms with van der Waals surface area (Å²) in [6.07, 6.45) is 3.28. The molecule has 0 unspecified atom stereocenters. The van der Waals surface area contributed by atoms with E-state index >= 15 is 0 Å². The van der Waals surface area contributed by atoms with Crippen LogP contribution in [0.4, 0.5) is 15.8 Å². The molecule has 0 aromatic heterocycles. The van der Waals surface area contributed by atoms with Crippen LogP contribution in [0.25, 0.3) is 0 Å². The molecule has 0 bridgehead atoms. The summed E-state index contributed by atoms with van der Waals surface area (Å²) >= 11 is 1.38. The predicted molar refractivity (Wildman–Crippen MR) is 146 cm³/mol. The molecule has 3 aliphatic rings. The van der Waals surface area contributed by atoms with E-state index in [2.05, 4.69) is 35.2 Å². The number of benzene rings is 3. The van der Waals surface area contributed by atoms with Crippen molar-refractivity contribution in [3.63, 3.8) is 0 Å². The number of hydrogen-bond acceptors (Lipinski definition) is 4. The zero-order valence-corrected chi connectivity index (χ0v) is 21.7. The number of halogens is 1. The number of nitrogens with zero attached hydrogens (tertiary/aromatic N) is 3.